The summed E-state index contributed by atoms with van der Waals surface area (Å²) in [5, 5.41) is 10.3. The van der Waals surface area contributed by atoms with Gasteiger partial charge in [-0.25, -0.2) is 0 Å². The van der Waals surface area contributed by atoms with Crippen LogP contribution in [0.25, 0.3) is 0 Å². The standard InChI is InChI=1S/C40H48FN3O5Si/c1-27-38(50(2,3)41)35(23-37(47)43-25-30-13-8-7-12-29(30)22-32(43)26-45)49-40(27)33-14-9-10-15-34(33)44(39(40)48)24-28-17-19-31(20-18-28)42-21-11-5-4-6-16-36(42)46/h7-10,12-15,17-20,27,32,35,38,45H,4-6,11,16,21-26H2,1-3H3/t27-,32-,35+,38-,40+/m0/s1. The highest BCUT2D eigenvalue weighted by Gasteiger charge is 2.67. The second-order valence-electron chi connectivity index (χ2n) is 15.1. The van der Waals surface area contributed by atoms with Gasteiger partial charge in [-0.1, -0.05) is 74.4 Å². The van der Waals surface area contributed by atoms with Gasteiger partial charge in [0.05, 0.1) is 37.4 Å². The van der Waals surface area contributed by atoms with Gasteiger partial charge in [0, 0.05) is 42.2 Å². The molecule has 264 valence electrons. The molecule has 0 unspecified atom stereocenters. The fourth-order valence-corrected chi connectivity index (χ4v) is 11.6. The summed E-state index contributed by atoms with van der Waals surface area (Å²) in [5.74, 6) is -0.811. The van der Waals surface area contributed by atoms with Gasteiger partial charge >= 0.3 is 0 Å². The molecule has 0 aliphatic carbocycles. The van der Waals surface area contributed by atoms with Gasteiger partial charge in [-0.2, -0.15) is 0 Å². The predicted octanol–water partition coefficient (Wildman–Crippen LogP) is 6.64. The van der Waals surface area contributed by atoms with Crippen LogP contribution in [0.5, 0.6) is 0 Å². The Bertz CT molecular complexity index is 1760. The van der Waals surface area contributed by atoms with Crippen LogP contribution in [0, 0.1) is 5.92 Å². The molecule has 3 aromatic rings. The Morgan fingerprint density at radius 1 is 0.960 bits per heavy atom. The zero-order chi connectivity index (χ0) is 35.2. The minimum Gasteiger partial charge on any atom is -0.394 e. The van der Waals surface area contributed by atoms with Crippen LogP contribution in [-0.2, 0) is 44.2 Å². The zero-order valence-electron chi connectivity index (χ0n) is 29.3. The number of carbonyl (C=O) groups is 3. The summed E-state index contributed by atoms with van der Waals surface area (Å²) in [5.41, 5.74) is 3.32. The molecule has 0 radical (unpaired) electrons. The first kappa shape index (κ1) is 34.6. The van der Waals surface area contributed by atoms with Gasteiger partial charge in [0.25, 0.3) is 5.91 Å². The third-order valence-corrected chi connectivity index (χ3v) is 14.0. The maximum Gasteiger partial charge on any atom is 0.264 e. The van der Waals surface area contributed by atoms with Crippen molar-refractivity contribution < 1.29 is 28.3 Å². The Morgan fingerprint density at radius 2 is 1.66 bits per heavy atom. The fraction of sp³-hybridized carbons (Fsp3) is 0.475. The highest BCUT2D eigenvalue weighted by atomic mass is 28.4. The van der Waals surface area contributed by atoms with Crippen molar-refractivity contribution in [3.8, 4) is 0 Å². The second-order valence-corrected chi connectivity index (χ2v) is 18.9. The Morgan fingerprint density at radius 3 is 2.40 bits per heavy atom. The van der Waals surface area contributed by atoms with E-state index in [0.29, 0.717) is 31.5 Å². The van der Waals surface area contributed by atoms with Crippen molar-refractivity contribution in [1.82, 2.24) is 4.90 Å². The SMILES string of the molecule is C[C@H]1[C@H]([Si](C)(C)F)[C@@H](CC(=O)N2Cc3ccccc3C[C@H]2CO)O[C@]12C(=O)N(Cc1ccc(N3CCCCCCC3=O)cc1)c1ccccc12. The van der Waals surface area contributed by atoms with E-state index in [-0.39, 0.29) is 43.3 Å². The Kier molecular flexibility index (Phi) is 9.47. The lowest BCUT2D eigenvalue weighted by Gasteiger charge is -2.37. The van der Waals surface area contributed by atoms with Gasteiger partial charge in [-0.15, -0.1) is 0 Å². The number of benzene rings is 3. The van der Waals surface area contributed by atoms with E-state index in [2.05, 4.69) is 0 Å². The van der Waals surface area contributed by atoms with E-state index in [1.165, 1.54) is 0 Å². The van der Waals surface area contributed by atoms with E-state index in [9.17, 15) is 19.5 Å². The number of rotatable bonds is 7. The molecule has 8 nitrogen and oxygen atoms in total. The Balaban J connectivity index is 1.16. The predicted molar refractivity (Wildman–Crippen MR) is 194 cm³/mol. The first-order valence-electron chi connectivity index (χ1n) is 18.2. The number of amides is 3. The molecule has 2 saturated heterocycles. The topological polar surface area (TPSA) is 90.4 Å². The van der Waals surface area contributed by atoms with Gasteiger partial charge < -0.3 is 28.7 Å². The average molecular weight is 698 g/mol. The van der Waals surface area contributed by atoms with E-state index >= 15 is 4.11 Å². The summed E-state index contributed by atoms with van der Waals surface area (Å²) in [6, 6.07) is 23.0. The van der Waals surface area contributed by atoms with Crippen molar-refractivity contribution in [2.45, 2.75) is 101 Å². The van der Waals surface area contributed by atoms with Crippen LogP contribution in [-0.4, -0.2) is 61.4 Å². The maximum absolute atomic E-state index is 16.4. The molecule has 7 rings (SSSR count). The number of ether oxygens (including phenoxy) is 1. The summed E-state index contributed by atoms with van der Waals surface area (Å²) in [7, 11) is -3.47. The molecular formula is C40H48FN3O5Si. The number of halogens is 1. The van der Waals surface area contributed by atoms with Crippen LogP contribution < -0.4 is 9.80 Å². The van der Waals surface area contributed by atoms with Crippen molar-refractivity contribution in [3.63, 3.8) is 0 Å². The van der Waals surface area contributed by atoms with E-state index in [1.807, 2.05) is 84.6 Å². The van der Waals surface area contributed by atoms with E-state index in [1.54, 1.807) is 22.9 Å². The molecular weight excluding hydrogens is 650 g/mol. The molecule has 4 aliphatic rings. The number of hydrogen-bond donors (Lipinski definition) is 1. The zero-order valence-corrected chi connectivity index (χ0v) is 30.3. The van der Waals surface area contributed by atoms with E-state index in [4.69, 9.17) is 4.74 Å². The fourth-order valence-electron chi connectivity index (χ4n) is 9.09. The molecule has 1 spiro atoms. The number of fused-ring (bicyclic) bond motifs is 3. The van der Waals surface area contributed by atoms with Crippen LogP contribution in [0.3, 0.4) is 0 Å². The number of carbonyl (C=O) groups excluding carboxylic acids is 3. The number of hydrogen-bond acceptors (Lipinski definition) is 5. The van der Waals surface area contributed by atoms with Crippen molar-refractivity contribution in [2.75, 3.05) is 23.0 Å². The van der Waals surface area contributed by atoms with Crippen molar-refractivity contribution in [1.29, 1.82) is 0 Å². The van der Waals surface area contributed by atoms with Crippen LogP contribution in [0.15, 0.2) is 72.8 Å². The van der Waals surface area contributed by atoms with Crippen LogP contribution >= 0.6 is 0 Å². The molecule has 0 saturated carbocycles. The third-order valence-electron chi connectivity index (χ3n) is 11.5. The van der Waals surface area contributed by atoms with Gasteiger partial charge in [0.1, 0.15) is 0 Å². The minimum atomic E-state index is -3.47. The molecule has 50 heavy (non-hydrogen) atoms. The van der Waals surface area contributed by atoms with Crippen LogP contribution in [0.4, 0.5) is 15.5 Å². The molecule has 4 aliphatic heterocycles. The van der Waals surface area contributed by atoms with Gasteiger partial charge in [-0.3, -0.25) is 14.4 Å². The number of para-hydroxylation sites is 1. The summed E-state index contributed by atoms with van der Waals surface area (Å²) in [6.07, 6.45) is 4.35. The maximum atomic E-state index is 16.4. The normalized spacial score (nSPS) is 26.9. The molecule has 10 heteroatoms. The first-order valence-corrected chi connectivity index (χ1v) is 21.1. The molecule has 5 atom stereocenters. The molecule has 1 N–H and O–H groups in total. The second kappa shape index (κ2) is 13.7. The molecule has 4 heterocycles. The quantitative estimate of drug-likeness (QED) is 0.221. The minimum absolute atomic E-state index is 0.0676. The van der Waals surface area contributed by atoms with Crippen LogP contribution in [0.2, 0.25) is 18.6 Å². The molecule has 0 bridgehead atoms. The number of aliphatic hydroxyl groups excluding tert-OH is 1. The Hall–Kier alpha value is -3.86. The first-order chi connectivity index (χ1) is 24.0. The van der Waals surface area contributed by atoms with E-state index < -0.39 is 31.6 Å². The number of anilines is 2. The van der Waals surface area contributed by atoms with Crippen molar-refractivity contribution >= 4 is 37.5 Å². The molecule has 0 aromatic heterocycles. The number of aliphatic hydroxyl groups is 1. The van der Waals surface area contributed by atoms with Gasteiger partial charge in [-0.05, 0) is 67.2 Å². The highest BCUT2D eigenvalue weighted by molar-refractivity contribution is 6.72. The summed E-state index contributed by atoms with van der Waals surface area (Å²) < 4.78 is 23.3. The van der Waals surface area contributed by atoms with Gasteiger partial charge in [0.15, 0.2) is 5.60 Å². The lowest BCUT2D eigenvalue weighted by molar-refractivity contribution is -0.151. The van der Waals surface area contributed by atoms with E-state index in [0.717, 1.165) is 53.7 Å². The lowest BCUT2D eigenvalue weighted by Crippen LogP contribution is -2.48. The van der Waals surface area contributed by atoms with Crippen LogP contribution in [0.1, 0.15) is 67.7 Å². The average Bonchev–Trinajstić information content (AvgIpc) is 3.52. The molecule has 3 aromatic carbocycles. The summed E-state index contributed by atoms with van der Waals surface area (Å²) in [4.78, 5) is 47.0. The molecule has 2 fully saturated rings. The summed E-state index contributed by atoms with van der Waals surface area (Å²) in [6.45, 7) is 6.39. The smallest absolute Gasteiger partial charge is 0.264 e. The number of nitrogens with zero attached hydrogens (tertiary/aromatic N) is 3. The van der Waals surface area contributed by atoms with Crippen molar-refractivity contribution in [2.24, 2.45) is 5.92 Å². The highest BCUT2D eigenvalue weighted by Crippen LogP contribution is 2.60. The summed E-state index contributed by atoms with van der Waals surface area (Å²) >= 11 is 0. The largest absolute Gasteiger partial charge is 0.394 e. The third kappa shape index (κ3) is 6.09. The monoisotopic (exact) mass is 697 g/mol. The lowest BCUT2D eigenvalue weighted by atomic mass is 9.82. The van der Waals surface area contributed by atoms with Crippen molar-refractivity contribution in [3.05, 3.63) is 95.1 Å². The Labute approximate surface area is 295 Å². The molecule has 3 amide bonds. The van der Waals surface area contributed by atoms with Gasteiger partial charge in [0.2, 0.25) is 20.2 Å².